The van der Waals surface area contributed by atoms with E-state index in [1.54, 1.807) is 0 Å². The van der Waals surface area contributed by atoms with Crippen molar-refractivity contribution in [3.8, 4) is 0 Å². The zero-order valence-electron chi connectivity index (χ0n) is 9.03. The number of hydrogen-bond donors (Lipinski definition) is 1. The van der Waals surface area contributed by atoms with Crippen LogP contribution in [-0.2, 0) is 0 Å². The minimum atomic E-state index is 0.420. The van der Waals surface area contributed by atoms with Crippen molar-refractivity contribution in [1.82, 2.24) is 9.78 Å². The Labute approximate surface area is 85.3 Å². The predicted molar refractivity (Wildman–Crippen MR) is 57.2 cm³/mol. The van der Waals surface area contributed by atoms with Gasteiger partial charge in [-0.3, -0.25) is 4.68 Å². The summed E-state index contributed by atoms with van der Waals surface area (Å²) < 4.78 is 2.14. The third kappa shape index (κ3) is 1.82. The first-order valence-corrected chi connectivity index (χ1v) is 5.45. The van der Waals surface area contributed by atoms with E-state index < -0.39 is 0 Å². The fourth-order valence-corrected chi connectivity index (χ4v) is 2.13. The van der Waals surface area contributed by atoms with Gasteiger partial charge < -0.3 is 5.73 Å². The molecule has 0 saturated heterocycles. The number of nitrogens with zero attached hydrogens (tertiary/aromatic N) is 2. The molecular weight excluding hydrogens is 174 g/mol. The van der Waals surface area contributed by atoms with E-state index in [9.17, 15) is 0 Å². The summed E-state index contributed by atoms with van der Waals surface area (Å²) in [6, 6.07) is 1.01. The minimum absolute atomic E-state index is 0.420. The molecule has 2 N–H and O–H groups in total. The Morgan fingerprint density at radius 1 is 1.29 bits per heavy atom. The second kappa shape index (κ2) is 3.73. The zero-order valence-corrected chi connectivity index (χ0v) is 9.03. The molecule has 14 heavy (non-hydrogen) atoms. The molecule has 0 atom stereocenters. The fourth-order valence-electron chi connectivity index (χ4n) is 2.13. The molecule has 1 fully saturated rings. The molecule has 3 heteroatoms. The zero-order chi connectivity index (χ0) is 10.1. The van der Waals surface area contributed by atoms with Crippen molar-refractivity contribution in [3.63, 3.8) is 0 Å². The molecule has 2 rings (SSSR count). The van der Waals surface area contributed by atoms with E-state index in [2.05, 4.69) is 29.8 Å². The minimum Gasteiger partial charge on any atom is -0.328 e. The molecule has 1 saturated carbocycles. The van der Waals surface area contributed by atoms with E-state index in [-0.39, 0.29) is 0 Å². The summed E-state index contributed by atoms with van der Waals surface area (Å²) in [5, 5.41) is 4.53. The highest BCUT2D eigenvalue weighted by molar-refractivity contribution is 5.12. The van der Waals surface area contributed by atoms with E-state index in [4.69, 9.17) is 5.73 Å². The van der Waals surface area contributed by atoms with Crippen molar-refractivity contribution in [2.75, 3.05) is 0 Å². The smallest absolute Gasteiger partial charge is 0.0622 e. The average molecular weight is 193 g/mol. The van der Waals surface area contributed by atoms with Crippen molar-refractivity contribution in [2.24, 2.45) is 5.73 Å². The van der Waals surface area contributed by atoms with Gasteiger partial charge in [0.15, 0.2) is 0 Å². The van der Waals surface area contributed by atoms with E-state index in [1.807, 2.05) is 0 Å². The molecule has 0 unspecified atom stereocenters. The summed E-state index contributed by atoms with van der Waals surface area (Å²) in [5.41, 5.74) is 8.32. The largest absolute Gasteiger partial charge is 0.328 e. The summed E-state index contributed by atoms with van der Waals surface area (Å²) in [7, 11) is 0. The Hall–Kier alpha value is -0.830. The highest BCUT2D eigenvalue weighted by Crippen LogP contribution is 2.27. The SMILES string of the molecule is Cc1cn(C2CCC(N)CC2)nc1C. The van der Waals surface area contributed by atoms with Gasteiger partial charge in [0.25, 0.3) is 0 Å². The van der Waals surface area contributed by atoms with Crippen LogP contribution in [0.2, 0.25) is 0 Å². The lowest BCUT2D eigenvalue weighted by Gasteiger charge is -2.26. The molecule has 78 valence electrons. The van der Waals surface area contributed by atoms with Gasteiger partial charge in [-0.25, -0.2) is 0 Å². The molecule has 0 aromatic carbocycles. The maximum atomic E-state index is 5.88. The molecular formula is C11H19N3. The first-order chi connectivity index (χ1) is 6.66. The van der Waals surface area contributed by atoms with Gasteiger partial charge in [0.1, 0.15) is 0 Å². The van der Waals surface area contributed by atoms with Crippen molar-refractivity contribution < 1.29 is 0 Å². The number of nitrogens with two attached hydrogens (primary N) is 1. The quantitative estimate of drug-likeness (QED) is 0.740. The van der Waals surface area contributed by atoms with Crippen LogP contribution in [0, 0.1) is 13.8 Å². The number of rotatable bonds is 1. The summed E-state index contributed by atoms with van der Waals surface area (Å²) in [6.45, 7) is 4.19. The molecule has 0 amide bonds. The summed E-state index contributed by atoms with van der Waals surface area (Å²) in [6.07, 6.45) is 6.81. The monoisotopic (exact) mass is 193 g/mol. The molecule has 0 aliphatic heterocycles. The molecule has 1 heterocycles. The Balaban J connectivity index is 2.08. The van der Waals surface area contributed by atoms with Crippen LogP contribution in [0.5, 0.6) is 0 Å². The number of aromatic nitrogens is 2. The Morgan fingerprint density at radius 2 is 1.93 bits per heavy atom. The average Bonchev–Trinajstić information content (AvgIpc) is 2.48. The maximum Gasteiger partial charge on any atom is 0.0622 e. The van der Waals surface area contributed by atoms with Gasteiger partial charge in [-0.2, -0.15) is 5.10 Å². The lowest BCUT2D eigenvalue weighted by molar-refractivity contribution is 0.303. The first kappa shape index (κ1) is 9.71. The lowest BCUT2D eigenvalue weighted by Crippen LogP contribution is -2.28. The highest BCUT2D eigenvalue weighted by atomic mass is 15.3. The number of hydrogen-bond acceptors (Lipinski definition) is 2. The van der Waals surface area contributed by atoms with Gasteiger partial charge in [-0.15, -0.1) is 0 Å². The summed E-state index contributed by atoms with van der Waals surface area (Å²) in [5.74, 6) is 0. The molecule has 1 aromatic rings. The van der Waals surface area contributed by atoms with Crippen LogP contribution in [0.3, 0.4) is 0 Å². The van der Waals surface area contributed by atoms with Gasteiger partial charge in [-0.05, 0) is 45.1 Å². The molecule has 0 spiro atoms. The summed E-state index contributed by atoms with van der Waals surface area (Å²) >= 11 is 0. The van der Waals surface area contributed by atoms with E-state index in [0.717, 1.165) is 18.5 Å². The van der Waals surface area contributed by atoms with Gasteiger partial charge in [-0.1, -0.05) is 0 Å². The molecule has 0 radical (unpaired) electrons. The van der Waals surface area contributed by atoms with Crippen LogP contribution in [0.15, 0.2) is 6.20 Å². The topological polar surface area (TPSA) is 43.8 Å². The van der Waals surface area contributed by atoms with Crippen molar-refractivity contribution in [2.45, 2.75) is 51.6 Å². The van der Waals surface area contributed by atoms with Crippen LogP contribution in [-0.4, -0.2) is 15.8 Å². The second-order valence-electron chi connectivity index (χ2n) is 4.45. The van der Waals surface area contributed by atoms with Crippen LogP contribution >= 0.6 is 0 Å². The van der Waals surface area contributed by atoms with Crippen LogP contribution < -0.4 is 5.73 Å². The fraction of sp³-hybridized carbons (Fsp3) is 0.727. The van der Waals surface area contributed by atoms with Crippen LogP contribution in [0.25, 0.3) is 0 Å². The van der Waals surface area contributed by atoms with Crippen molar-refractivity contribution in [1.29, 1.82) is 0 Å². The molecule has 1 aromatic heterocycles. The van der Waals surface area contributed by atoms with Gasteiger partial charge >= 0.3 is 0 Å². The van der Waals surface area contributed by atoms with Gasteiger partial charge in [0.05, 0.1) is 11.7 Å². The second-order valence-corrected chi connectivity index (χ2v) is 4.45. The van der Waals surface area contributed by atoms with Gasteiger partial charge in [0.2, 0.25) is 0 Å². The Bertz CT molecular complexity index is 289. The van der Waals surface area contributed by atoms with E-state index in [1.165, 1.54) is 18.4 Å². The molecule has 1 aliphatic carbocycles. The normalized spacial score (nSPS) is 27.9. The summed E-state index contributed by atoms with van der Waals surface area (Å²) in [4.78, 5) is 0. The maximum absolute atomic E-state index is 5.88. The molecule has 1 aliphatic rings. The lowest BCUT2D eigenvalue weighted by atomic mass is 9.92. The van der Waals surface area contributed by atoms with Crippen molar-refractivity contribution in [3.05, 3.63) is 17.5 Å². The third-order valence-corrected chi connectivity index (χ3v) is 3.28. The van der Waals surface area contributed by atoms with E-state index in [0.29, 0.717) is 12.1 Å². The molecule has 0 bridgehead atoms. The van der Waals surface area contributed by atoms with Gasteiger partial charge in [0, 0.05) is 12.2 Å². The van der Waals surface area contributed by atoms with Crippen LogP contribution in [0.1, 0.15) is 43.0 Å². The molecule has 3 nitrogen and oxygen atoms in total. The van der Waals surface area contributed by atoms with Crippen molar-refractivity contribution >= 4 is 0 Å². The Kier molecular flexibility index (Phi) is 2.59. The predicted octanol–water partition coefficient (Wildman–Crippen LogP) is 1.94. The van der Waals surface area contributed by atoms with E-state index >= 15 is 0 Å². The first-order valence-electron chi connectivity index (χ1n) is 5.45. The third-order valence-electron chi connectivity index (χ3n) is 3.28. The highest BCUT2D eigenvalue weighted by Gasteiger charge is 2.20. The van der Waals surface area contributed by atoms with Crippen LogP contribution in [0.4, 0.5) is 0 Å². The number of aryl methyl sites for hydroxylation is 2. The Morgan fingerprint density at radius 3 is 2.43 bits per heavy atom. The standard InChI is InChI=1S/C11H19N3/c1-8-7-14(13-9(8)2)11-5-3-10(12)4-6-11/h7,10-11H,3-6,12H2,1-2H3.